The van der Waals surface area contributed by atoms with Crippen LogP contribution >= 0.6 is 0 Å². The summed E-state index contributed by atoms with van der Waals surface area (Å²) in [5.74, 6) is -0.384. The molecule has 1 aliphatic rings. The maximum Gasteiger partial charge on any atom is 1.00 e. The zero-order valence-electron chi connectivity index (χ0n) is 9.98. The Morgan fingerprint density at radius 2 is 2.22 bits per heavy atom. The molecule has 3 rings (SSSR count). The van der Waals surface area contributed by atoms with Gasteiger partial charge in [-0.1, -0.05) is 0 Å². The van der Waals surface area contributed by atoms with Crippen molar-refractivity contribution in [3.05, 3.63) is 12.7 Å². The van der Waals surface area contributed by atoms with Crippen molar-refractivity contribution in [2.45, 2.75) is 25.2 Å². The van der Waals surface area contributed by atoms with Crippen LogP contribution in [0.4, 0.5) is 0 Å². The van der Waals surface area contributed by atoms with Crippen LogP contribution in [-0.4, -0.2) is 37.3 Å². The molecular formula is C10H11KN4O3. The van der Waals surface area contributed by atoms with Gasteiger partial charge in [0.25, 0.3) is 0 Å². The molecule has 1 N–H and O–H groups in total. The predicted molar refractivity (Wildman–Crippen MR) is 55.0 cm³/mol. The third-order valence-electron chi connectivity index (χ3n) is 2.92. The normalized spacial score (nSPS) is 23.2. The Kier molecular flexibility index (Phi) is 4.70. The van der Waals surface area contributed by atoms with E-state index < -0.39 is 0 Å². The van der Waals surface area contributed by atoms with Crippen molar-refractivity contribution in [3.8, 4) is 5.88 Å². The van der Waals surface area contributed by atoms with Crippen LogP contribution in [0.2, 0.25) is 0 Å². The number of fused-ring (bicyclic) bond motifs is 1. The molecule has 3 heterocycles. The summed E-state index contributed by atoms with van der Waals surface area (Å²) >= 11 is 0. The minimum atomic E-state index is -0.384. The summed E-state index contributed by atoms with van der Waals surface area (Å²) in [5.41, 5.74) is 0.733. The molecule has 0 amide bonds. The molecule has 1 fully saturated rings. The Morgan fingerprint density at radius 1 is 1.39 bits per heavy atom. The van der Waals surface area contributed by atoms with Gasteiger partial charge in [0.15, 0.2) is 5.65 Å². The molecule has 8 heteroatoms. The zero-order valence-corrected chi connectivity index (χ0v) is 13.1. The fourth-order valence-corrected chi connectivity index (χ4v) is 2.07. The van der Waals surface area contributed by atoms with Crippen molar-refractivity contribution in [2.75, 3.05) is 6.61 Å². The van der Waals surface area contributed by atoms with E-state index in [4.69, 9.17) is 9.84 Å². The largest absolute Gasteiger partial charge is 1.00 e. The van der Waals surface area contributed by atoms with Gasteiger partial charge in [0.2, 0.25) is 0 Å². The van der Waals surface area contributed by atoms with Gasteiger partial charge in [-0.25, -0.2) is 9.97 Å². The van der Waals surface area contributed by atoms with Gasteiger partial charge in [0.05, 0.1) is 19.0 Å². The number of rotatable bonds is 2. The van der Waals surface area contributed by atoms with Crippen LogP contribution in [0.25, 0.3) is 11.2 Å². The third-order valence-corrected chi connectivity index (χ3v) is 2.92. The van der Waals surface area contributed by atoms with Crippen molar-refractivity contribution in [2.24, 2.45) is 0 Å². The number of ether oxygens (including phenoxy) is 1. The Labute approximate surface area is 146 Å². The van der Waals surface area contributed by atoms with Gasteiger partial charge < -0.3 is 14.9 Å². The van der Waals surface area contributed by atoms with Gasteiger partial charge in [-0.15, -0.1) is 0 Å². The van der Waals surface area contributed by atoms with Crippen LogP contribution in [0.5, 0.6) is 5.88 Å². The number of nitrogens with zero attached hydrogens (tertiary/aromatic N) is 4. The average molecular weight is 274 g/mol. The van der Waals surface area contributed by atoms with E-state index in [0.29, 0.717) is 5.65 Å². The molecule has 18 heavy (non-hydrogen) atoms. The molecular weight excluding hydrogens is 263 g/mol. The smallest absolute Gasteiger partial charge is 0.857 e. The second kappa shape index (κ2) is 5.91. The quantitative estimate of drug-likeness (QED) is 0.573. The van der Waals surface area contributed by atoms with Crippen LogP contribution < -0.4 is 56.5 Å². The van der Waals surface area contributed by atoms with Gasteiger partial charge >= 0.3 is 51.4 Å². The number of aliphatic hydroxyl groups excluding tert-OH is 1. The minimum absolute atomic E-state index is 0. The van der Waals surface area contributed by atoms with E-state index in [1.165, 1.54) is 12.7 Å². The SMILES string of the molecule is [K+].[O-]c1ncnc2c1ncn2[C@H]1CC[C@@H](CO)O1. The summed E-state index contributed by atoms with van der Waals surface area (Å²) in [6.07, 6.45) is 3.95. The molecule has 1 saturated heterocycles. The van der Waals surface area contributed by atoms with E-state index in [1.54, 1.807) is 4.57 Å². The van der Waals surface area contributed by atoms with Gasteiger partial charge in [-0.2, -0.15) is 0 Å². The second-order valence-electron chi connectivity index (χ2n) is 3.98. The van der Waals surface area contributed by atoms with Crippen LogP contribution in [0, 0.1) is 0 Å². The summed E-state index contributed by atoms with van der Waals surface area (Å²) in [6, 6.07) is 0. The number of aromatic nitrogens is 4. The average Bonchev–Trinajstić information content (AvgIpc) is 2.94. The molecule has 2 aromatic heterocycles. The first kappa shape index (κ1) is 14.3. The minimum Gasteiger partial charge on any atom is -0.857 e. The maximum absolute atomic E-state index is 11.4. The van der Waals surface area contributed by atoms with E-state index in [-0.39, 0.29) is 81.7 Å². The summed E-state index contributed by atoms with van der Waals surface area (Å²) in [7, 11) is 0. The first-order valence-corrected chi connectivity index (χ1v) is 5.40. The van der Waals surface area contributed by atoms with Gasteiger partial charge in [-0.3, -0.25) is 9.55 Å². The number of imidazole rings is 1. The molecule has 1 aliphatic heterocycles. The standard InChI is InChI=1S/C10H12N4O3.K/c15-3-6-1-2-7(17-6)14-5-13-8-9(14)11-4-12-10(8)16;/h4-7,15H,1-3H2,(H,11,12,16);/q;+1/p-1/t6-,7+;/m0./s1. The Hall–Kier alpha value is -0.0936. The molecule has 0 bridgehead atoms. The van der Waals surface area contributed by atoms with E-state index in [0.717, 1.165) is 12.8 Å². The summed E-state index contributed by atoms with van der Waals surface area (Å²) < 4.78 is 7.33. The number of hydrogen-bond acceptors (Lipinski definition) is 6. The second-order valence-corrected chi connectivity index (χ2v) is 3.98. The van der Waals surface area contributed by atoms with Gasteiger partial charge in [0, 0.05) is 5.88 Å². The van der Waals surface area contributed by atoms with Gasteiger partial charge in [0.1, 0.15) is 18.1 Å². The molecule has 0 aromatic carbocycles. The molecule has 2 atom stereocenters. The van der Waals surface area contributed by atoms with Crippen LogP contribution in [-0.2, 0) is 4.74 Å². The van der Waals surface area contributed by atoms with Crippen LogP contribution in [0.15, 0.2) is 12.7 Å². The van der Waals surface area contributed by atoms with Crippen molar-refractivity contribution < 1.29 is 66.3 Å². The number of aliphatic hydroxyl groups is 1. The Morgan fingerprint density at radius 3 is 2.94 bits per heavy atom. The summed E-state index contributed by atoms with van der Waals surface area (Å²) in [5, 5.41) is 20.4. The Balaban J connectivity index is 0.00000120. The number of hydrogen-bond donors (Lipinski definition) is 1. The molecule has 0 saturated carbocycles. The molecule has 90 valence electrons. The summed E-state index contributed by atoms with van der Waals surface area (Å²) in [4.78, 5) is 11.6. The summed E-state index contributed by atoms with van der Waals surface area (Å²) in [6.45, 7) is 0.00488. The first-order valence-electron chi connectivity index (χ1n) is 5.40. The third kappa shape index (κ3) is 2.46. The maximum atomic E-state index is 11.4. The van der Waals surface area contributed by atoms with Crippen molar-refractivity contribution in [1.29, 1.82) is 0 Å². The first-order chi connectivity index (χ1) is 8.29. The monoisotopic (exact) mass is 274 g/mol. The molecule has 7 nitrogen and oxygen atoms in total. The van der Waals surface area contributed by atoms with Crippen molar-refractivity contribution >= 4 is 11.2 Å². The molecule has 0 radical (unpaired) electrons. The fraction of sp³-hybridized carbons (Fsp3) is 0.500. The molecule has 0 aliphatic carbocycles. The van der Waals surface area contributed by atoms with E-state index in [1.807, 2.05) is 0 Å². The molecule has 0 unspecified atom stereocenters. The van der Waals surface area contributed by atoms with Crippen molar-refractivity contribution in [1.82, 2.24) is 19.5 Å². The molecule has 2 aromatic rings. The molecule has 0 spiro atoms. The van der Waals surface area contributed by atoms with Gasteiger partial charge in [-0.05, 0) is 12.8 Å². The fourth-order valence-electron chi connectivity index (χ4n) is 2.07. The topological polar surface area (TPSA) is 96.1 Å². The predicted octanol–water partition coefficient (Wildman–Crippen LogP) is -3.43. The van der Waals surface area contributed by atoms with Crippen LogP contribution in [0.1, 0.15) is 19.1 Å². The zero-order chi connectivity index (χ0) is 11.8. The van der Waals surface area contributed by atoms with Crippen molar-refractivity contribution in [3.63, 3.8) is 0 Å². The van der Waals surface area contributed by atoms with E-state index >= 15 is 0 Å². The Bertz CT molecular complexity index is 547. The van der Waals surface area contributed by atoms with Crippen LogP contribution in [0.3, 0.4) is 0 Å². The van der Waals surface area contributed by atoms with E-state index in [9.17, 15) is 5.11 Å². The van der Waals surface area contributed by atoms with E-state index in [2.05, 4.69) is 15.0 Å².